The molecule has 1 aliphatic rings. The summed E-state index contributed by atoms with van der Waals surface area (Å²) in [6, 6.07) is 7.21. The Morgan fingerprint density at radius 2 is 2.00 bits per heavy atom. The first-order valence-electron chi connectivity index (χ1n) is 7.68. The van der Waals surface area contributed by atoms with Crippen LogP contribution in [0.25, 0.3) is 10.9 Å². The number of ether oxygens (including phenoxy) is 1. The van der Waals surface area contributed by atoms with Crippen molar-refractivity contribution in [2.45, 2.75) is 38.6 Å². The van der Waals surface area contributed by atoms with E-state index in [1.807, 2.05) is 12.1 Å². The monoisotopic (exact) mass is 301 g/mol. The fourth-order valence-corrected chi connectivity index (χ4v) is 3.26. The second-order valence-corrected chi connectivity index (χ2v) is 5.57. The molecule has 1 heterocycles. The first-order valence-corrected chi connectivity index (χ1v) is 7.68. The molecule has 0 unspecified atom stereocenters. The maximum atomic E-state index is 12.8. The van der Waals surface area contributed by atoms with Gasteiger partial charge in [0.15, 0.2) is 5.56 Å². The van der Waals surface area contributed by atoms with Crippen LogP contribution >= 0.6 is 0 Å². The summed E-state index contributed by atoms with van der Waals surface area (Å²) in [5.74, 6) is -1.05. The fraction of sp³-hybridized carbons (Fsp3) is 0.412. The minimum absolute atomic E-state index is 0.0752. The number of benzene rings is 1. The van der Waals surface area contributed by atoms with E-state index in [1.165, 1.54) is 0 Å². The number of carbonyl (C=O) groups excluding carboxylic acids is 1. The summed E-state index contributed by atoms with van der Waals surface area (Å²) in [7, 11) is 0. The number of nitrogens with zero attached hydrogens (tertiary/aromatic N) is 1. The molecule has 5 nitrogen and oxygen atoms in total. The lowest BCUT2D eigenvalue weighted by atomic mass is 10.1. The van der Waals surface area contributed by atoms with E-state index in [1.54, 1.807) is 23.6 Å². The van der Waals surface area contributed by atoms with Crippen LogP contribution in [0.1, 0.15) is 49.0 Å². The van der Waals surface area contributed by atoms with Gasteiger partial charge in [-0.15, -0.1) is 0 Å². The topological polar surface area (TPSA) is 68.5 Å². The van der Waals surface area contributed by atoms with Gasteiger partial charge in [0.25, 0.3) is 5.56 Å². The standard InChI is InChI=1S/C17H19NO4/c1-2-22-17(21)14-15(19)12-9-5-6-10-13(12)18(16(14)20)11-7-3-4-8-11/h5-6,9-11,19H,2-4,7-8H2,1H3. The Bertz CT molecular complexity index is 772. The van der Waals surface area contributed by atoms with E-state index in [9.17, 15) is 14.7 Å². The van der Waals surface area contributed by atoms with Gasteiger partial charge in [-0.3, -0.25) is 4.79 Å². The number of esters is 1. The highest BCUT2D eigenvalue weighted by Gasteiger charge is 2.27. The van der Waals surface area contributed by atoms with Crippen LogP contribution in [0.5, 0.6) is 5.75 Å². The molecule has 0 amide bonds. The van der Waals surface area contributed by atoms with E-state index in [4.69, 9.17) is 4.74 Å². The maximum absolute atomic E-state index is 12.8. The largest absolute Gasteiger partial charge is 0.506 e. The van der Waals surface area contributed by atoms with E-state index in [2.05, 4.69) is 0 Å². The smallest absolute Gasteiger partial charge is 0.347 e. The van der Waals surface area contributed by atoms with Crippen LogP contribution in [0.4, 0.5) is 0 Å². The Morgan fingerprint density at radius 1 is 1.32 bits per heavy atom. The van der Waals surface area contributed by atoms with E-state index in [0.717, 1.165) is 25.7 Å². The van der Waals surface area contributed by atoms with Gasteiger partial charge in [-0.2, -0.15) is 0 Å². The molecular weight excluding hydrogens is 282 g/mol. The highest BCUT2D eigenvalue weighted by Crippen LogP contribution is 2.34. The SMILES string of the molecule is CCOC(=O)c1c(O)c2ccccc2n(C2CCCC2)c1=O. The third kappa shape index (κ3) is 2.26. The summed E-state index contributed by atoms with van der Waals surface area (Å²) in [5, 5.41) is 10.9. The molecule has 0 atom stereocenters. The van der Waals surface area contributed by atoms with Crippen molar-refractivity contribution in [1.29, 1.82) is 0 Å². The van der Waals surface area contributed by atoms with Gasteiger partial charge in [0.2, 0.25) is 0 Å². The van der Waals surface area contributed by atoms with Crippen LogP contribution in [0.3, 0.4) is 0 Å². The van der Waals surface area contributed by atoms with Crippen molar-refractivity contribution >= 4 is 16.9 Å². The molecule has 1 aromatic carbocycles. The third-order valence-corrected chi connectivity index (χ3v) is 4.26. The fourth-order valence-electron chi connectivity index (χ4n) is 3.26. The molecule has 5 heteroatoms. The number of hydrogen-bond donors (Lipinski definition) is 1. The quantitative estimate of drug-likeness (QED) is 0.885. The van der Waals surface area contributed by atoms with Gasteiger partial charge >= 0.3 is 5.97 Å². The summed E-state index contributed by atoms with van der Waals surface area (Å²) < 4.78 is 6.60. The van der Waals surface area contributed by atoms with Gasteiger partial charge in [0.05, 0.1) is 12.1 Å². The number of pyridine rings is 1. The summed E-state index contributed by atoms with van der Waals surface area (Å²) in [5.41, 5.74) is -0.0426. The molecule has 1 aliphatic carbocycles. The normalized spacial score (nSPS) is 15.3. The number of rotatable bonds is 3. The van der Waals surface area contributed by atoms with Gasteiger partial charge in [0, 0.05) is 11.4 Å². The number of para-hydroxylation sites is 1. The molecule has 0 radical (unpaired) electrons. The average Bonchev–Trinajstić information content (AvgIpc) is 3.02. The molecule has 116 valence electrons. The van der Waals surface area contributed by atoms with Crippen molar-refractivity contribution in [2.75, 3.05) is 6.61 Å². The van der Waals surface area contributed by atoms with Crippen molar-refractivity contribution in [3.05, 3.63) is 40.2 Å². The number of aromatic hydroxyl groups is 1. The lowest BCUT2D eigenvalue weighted by molar-refractivity contribution is 0.0520. The molecule has 0 aliphatic heterocycles. The molecule has 22 heavy (non-hydrogen) atoms. The zero-order valence-electron chi connectivity index (χ0n) is 12.5. The highest BCUT2D eigenvalue weighted by molar-refractivity contribution is 5.99. The van der Waals surface area contributed by atoms with Gasteiger partial charge < -0.3 is 14.4 Å². The van der Waals surface area contributed by atoms with E-state index in [0.29, 0.717) is 10.9 Å². The van der Waals surface area contributed by atoms with Crippen LogP contribution in [-0.2, 0) is 4.74 Å². The Morgan fingerprint density at radius 3 is 2.68 bits per heavy atom. The van der Waals surface area contributed by atoms with Crippen LogP contribution < -0.4 is 5.56 Å². The third-order valence-electron chi connectivity index (χ3n) is 4.26. The molecule has 1 aromatic heterocycles. The predicted molar refractivity (Wildman–Crippen MR) is 83.3 cm³/mol. The van der Waals surface area contributed by atoms with Crippen molar-refractivity contribution in [3.63, 3.8) is 0 Å². The Labute approximate surface area is 128 Å². The molecule has 3 rings (SSSR count). The zero-order valence-corrected chi connectivity index (χ0v) is 12.5. The lowest BCUT2D eigenvalue weighted by Gasteiger charge is -2.19. The van der Waals surface area contributed by atoms with Crippen molar-refractivity contribution in [2.24, 2.45) is 0 Å². The molecular formula is C17H19NO4. The van der Waals surface area contributed by atoms with Crippen molar-refractivity contribution in [3.8, 4) is 5.75 Å². The summed E-state index contributed by atoms with van der Waals surface area (Å²) in [4.78, 5) is 24.9. The second kappa shape index (κ2) is 5.83. The first kappa shape index (κ1) is 14.6. The Balaban J connectivity index is 2.32. The van der Waals surface area contributed by atoms with E-state index >= 15 is 0 Å². The van der Waals surface area contributed by atoms with E-state index < -0.39 is 11.5 Å². The van der Waals surface area contributed by atoms with Crippen LogP contribution in [0.15, 0.2) is 29.1 Å². The number of carbonyl (C=O) groups is 1. The predicted octanol–water partition coefficient (Wildman–Crippen LogP) is 3.00. The van der Waals surface area contributed by atoms with Crippen LogP contribution in [0.2, 0.25) is 0 Å². The maximum Gasteiger partial charge on any atom is 0.347 e. The van der Waals surface area contributed by atoms with Gasteiger partial charge in [-0.05, 0) is 31.9 Å². The summed E-state index contributed by atoms with van der Waals surface area (Å²) in [6.45, 7) is 1.83. The Hall–Kier alpha value is -2.30. The molecule has 0 saturated heterocycles. The number of aromatic nitrogens is 1. The van der Waals surface area contributed by atoms with E-state index in [-0.39, 0.29) is 24.0 Å². The number of fused-ring (bicyclic) bond motifs is 1. The lowest BCUT2D eigenvalue weighted by Crippen LogP contribution is -2.30. The molecule has 2 aromatic rings. The first-order chi connectivity index (χ1) is 10.6. The summed E-state index contributed by atoms with van der Waals surface area (Å²) in [6.07, 6.45) is 3.97. The van der Waals surface area contributed by atoms with Crippen LogP contribution in [0, 0.1) is 0 Å². The summed E-state index contributed by atoms with van der Waals surface area (Å²) >= 11 is 0. The molecule has 0 spiro atoms. The molecule has 0 bridgehead atoms. The Kier molecular flexibility index (Phi) is 3.88. The second-order valence-electron chi connectivity index (χ2n) is 5.57. The zero-order chi connectivity index (χ0) is 15.7. The number of hydrogen-bond acceptors (Lipinski definition) is 4. The van der Waals surface area contributed by atoms with Crippen molar-refractivity contribution in [1.82, 2.24) is 4.57 Å². The van der Waals surface area contributed by atoms with Crippen molar-refractivity contribution < 1.29 is 14.6 Å². The highest BCUT2D eigenvalue weighted by atomic mass is 16.5. The average molecular weight is 301 g/mol. The van der Waals surface area contributed by atoms with Gasteiger partial charge in [0.1, 0.15) is 5.75 Å². The molecule has 1 saturated carbocycles. The molecule has 1 fully saturated rings. The minimum Gasteiger partial charge on any atom is -0.506 e. The van der Waals surface area contributed by atoms with Crippen LogP contribution in [-0.4, -0.2) is 22.2 Å². The minimum atomic E-state index is -0.762. The van der Waals surface area contributed by atoms with Gasteiger partial charge in [-0.1, -0.05) is 25.0 Å². The molecule has 1 N–H and O–H groups in total. The van der Waals surface area contributed by atoms with Gasteiger partial charge in [-0.25, -0.2) is 4.79 Å².